The summed E-state index contributed by atoms with van der Waals surface area (Å²) >= 11 is 0. The number of halogens is 3. The molecule has 1 aromatic rings. The molecule has 0 saturated heterocycles. The SMILES string of the molecule is CCOC(C)(C)CNc1nc(C(F)(F)F)ccc1C(=O)O. The number of aromatic carboxylic acids is 1. The highest BCUT2D eigenvalue weighted by molar-refractivity contribution is 5.93. The fourth-order valence-electron chi connectivity index (χ4n) is 1.66. The summed E-state index contributed by atoms with van der Waals surface area (Å²) in [4.78, 5) is 14.4. The largest absolute Gasteiger partial charge is 0.478 e. The van der Waals surface area contributed by atoms with Gasteiger partial charge in [0.1, 0.15) is 17.1 Å². The molecule has 1 aromatic heterocycles. The Labute approximate surface area is 120 Å². The van der Waals surface area contributed by atoms with Crippen molar-refractivity contribution in [2.45, 2.75) is 32.5 Å². The monoisotopic (exact) mass is 306 g/mol. The number of hydrogen-bond donors (Lipinski definition) is 2. The summed E-state index contributed by atoms with van der Waals surface area (Å²) in [5.41, 5.74) is -2.14. The summed E-state index contributed by atoms with van der Waals surface area (Å²) in [6, 6.07) is 1.52. The van der Waals surface area contributed by atoms with Crippen LogP contribution in [0.3, 0.4) is 0 Å². The van der Waals surface area contributed by atoms with E-state index in [2.05, 4.69) is 10.3 Å². The van der Waals surface area contributed by atoms with Gasteiger partial charge in [-0.25, -0.2) is 9.78 Å². The van der Waals surface area contributed by atoms with E-state index in [1.54, 1.807) is 20.8 Å². The van der Waals surface area contributed by atoms with Gasteiger partial charge in [-0.15, -0.1) is 0 Å². The smallest absolute Gasteiger partial charge is 0.433 e. The van der Waals surface area contributed by atoms with E-state index in [1.807, 2.05) is 0 Å². The van der Waals surface area contributed by atoms with Gasteiger partial charge in [-0.3, -0.25) is 0 Å². The Morgan fingerprint density at radius 1 is 1.38 bits per heavy atom. The Kier molecular flexibility index (Phi) is 5.16. The summed E-state index contributed by atoms with van der Waals surface area (Å²) in [5, 5.41) is 11.6. The topological polar surface area (TPSA) is 71.5 Å². The molecule has 1 rings (SSSR count). The molecule has 0 radical (unpaired) electrons. The zero-order chi connectivity index (χ0) is 16.3. The molecule has 118 valence electrons. The highest BCUT2D eigenvalue weighted by Crippen LogP contribution is 2.29. The molecule has 0 spiro atoms. The number of anilines is 1. The zero-order valence-electron chi connectivity index (χ0n) is 11.9. The third-order valence-corrected chi connectivity index (χ3v) is 2.63. The lowest BCUT2D eigenvalue weighted by Crippen LogP contribution is -2.34. The van der Waals surface area contributed by atoms with Crippen LogP contribution in [0.2, 0.25) is 0 Å². The predicted octanol–water partition coefficient (Wildman–Crippen LogP) is 3.03. The zero-order valence-corrected chi connectivity index (χ0v) is 11.9. The number of rotatable bonds is 6. The van der Waals surface area contributed by atoms with Gasteiger partial charge in [0.05, 0.1) is 5.60 Å². The van der Waals surface area contributed by atoms with E-state index in [0.29, 0.717) is 12.7 Å². The molecule has 5 nitrogen and oxygen atoms in total. The summed E-state index contributed by atoms with van der Waals surface area (Å²) < 4.78 is 43.3. The van der Waals surface area contributed by atoms with Gasteiger partial charge in [0.15, 0.2) is 0 Å². The van der Waals surface area contributed by atoms with Gasteiger partial charge in [0.2, 0.25) is 0 Å². The van der Waals surface area contributed by atoms with Crippen LogP contribution >= 0.6 is 0 Å². The van der Waals surface area contributed by atoms with Gasteiger partial charge >= 0.3 is 12.1 Å². The number of pyridine rings is 1. The Morgan fingerprint density at radius 2 is 2.00 bits per heavy atom. The van der Waals surface area contributed by atoms with E-state index >= 15 is 0 Å². The van der Waals surface area contributed by atoms with Crippen molar-refractivity contribution in [2.75, 3.05) is 18.5 Å². The van der Waals surface area contributed by atoms with Crippen molar-refractivity contribution in [3.63, 3.8) is 0 Å². The highest BCUT2D eigenvalue weighted by atomic mass is 19.4. The number of carbonyl (C=O) groups is 1. The second-order valence-corrected chi connectivity index (χ2v) is 4.94. The molecule has 0 saturated carbocycles. The summed E-state index contributed by atoms with van der Waals surface area (Å²) in [5.74, 6) is -1.68. The Bertz CT molecular complexity index is 516. The molecule has 2 N–H and O–H groups in total. The van der Waals surface area contributed by atoms with Gasteiger partial charge in [0, 0.05) is 13.2 Å². The van der Waals surface area contributed by atoms with Crippen LogP contribution in [0.1, 0.15) is 36.8 Å². The van der Waals surface area contributed by atoms with Crippen LogP contribution in [-0.4, -0.2) is 34.8 Å². The first kappa shape index (κ1) is 17.2. The standard InChI is InChI=1S/C13H17F3N2O3/c1-4-21-12(2,3)7-17-10-8(11(19)20)5-6-9(18-10)13(14,15)16/h5-6H,4,7H2,1-3H3,(H,17,18)(H,19,20). The average molecular weight is 306 g/mol. The number of ether oxygens (including phenoxy) is 1. The normalized spacial score (nSPS) is 12.3. The lowest BCUT2D eigenvalue weighted by molar-refractivity contribution is -0.141. The molecule has 8 heteroatoms. The van der Waals surface area contributed by atoms with Crippen molar-refractivity contribution in [1.29, 1.82) is 0 Å². The quantitative estimate of drug-likeness (QED) is 0.845. The Hall–Kier alpha value is -1.83. The number of alkyl halides is 3. The van der Waals surface area contributed by atoms with Crippen molar-refractivity contribution in [1.82, 2.24) is 4.98 Å². The van der Waals surface area contributed by atoms with E-state index < -0.39 is 23.4 Å². The summed E-state index contributed by atoms with van der Waals surface area (Å²) in [6.45, 7) is 5.80. The first-order chi connectivity index (χ1) is 9.57. The molecule has 0 aliphatic rings. The molecule has 0 fully saturated rings. The maximum absolute atomic E-state index is 12.6. The van der Waals surface area contributed by atoms with Crippen LogP contribution in [0.4, 0.5) is 19.0 Å². The molecule has 0 unspecified atom stereocenters. The van der Waals surface area contributed by atoms with Crippen molar-refractivity contribution in [3.8, 4) is 0 Å². The van der Waals surface area contributed by atoms with Crippen LogP contribution in [0.15, 0.2) is 12.1 Å². The van der Waals surface area contributed by atoms with E-state index in [0.717, 1.165) is 6.07 Å². The first-order valence-corrected chi connectivity index (χ1v) is 6.26. The molecule has 0 atom stereocenters. The minimum Gasteiger partial charge on any atom is -0.478 e. The molecule has 1 heterocycles. The van der Waals surface area contributed by atoms with Crippen molar-refractivity contribution in [2.24, 2.45) is 0 Å². The van der Waals surface area contributed by atoms with Crippen molar-refractivity contribution >= 4 is 11.8 Å². The molecule has 0 aromatic carbocycles. The number of nitrogens with zero attached hydrogens (tertiary/aromatic N) is 1. The second-order valence-electron chi connectivity index (χ2n) is 4.94. The van der Waals surface area contributed by atoms with Crippen LogP contribution in [-0.2, 0) is 10.9 Å². The Balaban J connectivity index is 3.05. The Morgan fingerprint density at radius 3 is 2.48 bits per heavy atom. The number of hydrogen-bond acceptors (Lipinski definition) is 4. The van der Waals surface area contributed by atoms with Crippen LogP contribution in [0.25, 0.3) is 0 Å². The lowest BCUT2D eigenvalue weighted by Gasteiger charge is -2.25. The van der Waals surface area contributed by atoms with Gasteiger partial charge in [0.25, 0.3) is 0 Å². The fourth-order valence-corrected chi connectivity index (χ4v) is 1.66. The minimum absolute atomic E-state index is 0.120. The van der Waals surface area contributed by atoms with E-state index in [4.69, 9.17) is 9.84 Å². The number of nitrogens with one attached hydrogen (secondary N) is 1. The van der Waals surface area contributed by atoms with E-state index in [9.17, 15) is 18.0 Å². The van der Waals surface area contributed by atoms with Gasteiger partial charge in [-0.05, 0) is 32.9 Å². The molecule has 0 aliphatic heterocycles. The third kappa shape index (κ3) is 4.89. The maximum atomic E-state index is 12.6. The van der Waals surface area contributed by atoms with Gasteiger partial charge in [-0.2, -0.15) is 13.2 Å². The average Bonchev–Trinajstić information content (AvgIpc) is 2.34. The minimum atomic E-state index is -4.64. The fraction of sp³-hybridized carbons (Fsp3) is 0.538. The molecular formula is C13H17F3N2O3. The third-order valence-electron chi connectivity index (χ3n) is 2.63. The van der Waals surface area contributed by atoms with Gasteiger partial charge in [-0.1, -0.05) is 0 Å². The lowest BCUT2D eigenvalue weighted by atomic mass is 10.1. The summed E-state index contributed by atoms with van der Waals surface area (Å²) in [7, 11) is 0. The van der Waals surface area contributed by atoms with E-state index in [1.165, 1.54) is 0 Å². The summed E-state index contributed by atoms with van der Waals surface area (Å²) in [6.07, 6.45) is -4.64. The maximum Gasteiger partial charge on any atom is 0.433 e. The van der Waals surface area contributed by atoms with E-state index in [-0.39, 0.29) is 17.9 Å². The van der Waals surface area contributed by atoms with Crippen molar-refractivity contribution < 1.29 is 27.8 Å². The molecule has 0 bridgehead atoms. The van der Waals surface area contributed by atoms with Crippen LogP contribution in [0.5, 0.6) is 0 Å². The number of carboxylic acids is 1. The number of aromatic nitrogens is 1. The predicted molar refractivity (Wildman–Crippen MR) is 70.4 cm³/mol. The highest BCUT2D eigenvalue weighted by Gasteiger charge is 2.33. The molecule has 0 amide bonds. The first-order valence-electron chi connectivity index (χ1n) is 6.26. The molecule has 21 heavy (non-hydrogen) atoms. The second kappa shape index (κ2) is 6.30. The number of carboxylic acid groups (broad SMARTS) is 1. The van der Waals surface area contributed by atoms with Crippen molar-refractivity contribution in [3.05, 3.63) is 23.4 Å². The van der Waals surface area contributed by atoms with Crippen LogP contribution < -0.4 is 5.32 Å². The molecular weight excluding hydrogens is 289 g/mol. The van der Waals surface area contributed by atoms with Crippen LogP contribution in [0, 0.1) is 0 Å². The molecule has 0 aliphatic carbocycles. The van der Waals surface area contributed by atoms with Gasteiger partial charge < -0.3 is 15.2 Å².